The van der Waals surface area contributed by atoms with Gasteiger partial charge in [0.25, 0.3) is 0 Å². The van der Waals surface area contributed by atoms with Crippen molar-refractivity contribution in [3.63, 3.8) is 0 Å². The van der Waals surface area contributed by atoms with Crippen molar-refractivity contribution in [2.45, 2.75) is 83.7 Å². The van der Waals surface area contributed by atoms with Crippen LogP contribution in [0.4, 0.5) is 0 Å². The maximum atomic E-state index is 3.86. The lowest BCUT2D eigenvalue weighted by Crippen LogP contribution is -2.64. The van der Waals surface area contributed by atoms with Gasteiger partial charge < -0.3 is 5.32 Å². The Labute approximate surface area is 120 Å². The summed E-state index contributed by atoms with van der Waals surface area (Å²) in [5.41, 5.74) is 0.389. The van der Waals surface area contributed by atoms with Gasteiger partial charge in [-0.15, -0.1) is 0 Å². The molecule has 0 spiro atoms. The van der Waals surface area contributed by atoms with Gasteiger partial charge in [-0.05, 0) is 38.0 Å². The number of hydrogen-bond donors (Lipinski definition) is 1. The molecule has 0 bridgehead atoms. The van der Waals surface area contributed by atoms with Crippen molar-refractivity contribution in [2.75, 3.05) is 19.6 Å². The summed E-state index contributed by atoms with van der Waals surface area (Å²) in [6.07, 6.45) is 11.2. The molecule has 1 N–H and O–H groups in total. The third-order valence-corrected chi connectivity index (χ3v) is 5.78. The number of hydrogen-bond acceptors (Lipinski definition) is 2. The summed E-state index contributed by atoms with van der Waals surface area (Å²) in [5, 5.41) is 3.86. The van der Waals surface area contributed by atoms with E-state index in [-0.39, 0.29) is 0 Å². The van der Waals surface area contributed by atoms with Gasteiger partial charge in [-0.2, -0.15) is 0 Å². The van der Waals surface area contributed by atoms with Crippen molar-refractivity contribution in [3.8, 4) is 0 Å². The standard InChI is InChI=1S/C17H34N2/c1-4-16-12-18-17(5-2,6-3)14-19(16)13-15-10-8-7-9-11-15/h15-16,18H,4-14H2,1-3H3. The summed E-state index contributed by atoms with van der Waals surface area (Å²) < 4.78 is 0. The zero-order chi connectivity index (χ0) is 13.7. The molecule has 1 aliphatic carbocycles. The van der Waals surface area contributed by atoms with Crippen LogP contribution in [-0.4, -0.2) is 36.1 Å². The largest absolute Gasteiger partial charge is 0.308 e. The molecule has 1 saturated heterocycles. The maximum absolute atomic E-state index is 3.86. The molecule has 0 amide bonds. The number of piperazine rings is 1. The Bertz CT molecular complexity index is 254. The van der Waals surface area contributed by atoms with Crippen molar-refractivity contribution in [1.29, 1.82) is 0 Å². The molecule has 2 heteroatoms. The van der Waals surface area contributed by atoms with Crippen molar-refractivity contribution in [2.24, 2.45) is 5.92 Å². The lowest BCUT2D eigenvalue weighted by atomic mass is 9.85. The zero-order valence-corrected chi connectivity index (χ0v) is 13.4. The predicted molar refractivity (Wildman–Crippen MR) is 83.5 cm³/mol. The molecule has 1 saturated carbocycles. The van der Waals surface area contributed by atoms with Gasteiger partial charge in [-0.1, -0.05) is 40.0 Å². The van der Waals surface area contributed by atoms with E-state index in [0.29, 0.717) is 5.54 Å². The Morgan fingerprint density at radius 1 is 1.05 bits per heavy atom. The highest BCUT2D eigenvalue weighted by Crippen LogP contribution is 2.29. The van der Waals surface area contributed by atoms with E-state index in [1.807, 2.05) is 0 Å². The molecule has 0 aromatic heterocycles. The molecule has 112 valence electrons. The molecule has 2 aliphatic rings. The first-order chi connectivity index (χ1) is 9.23. The summed E-state index contributed by atoms with van der Waals surface area (Å²) in [4.78, 5) is 2.83. The zero-order valence-electron chi connectivity index (χ0n) is 13.4. The molecule has 2 rings (SSSR count). The van der Waals surface area contributed by atoms with Gasteiger partial charge in [0.2, 0.25) is 0 Å². The lowest BCUT2D eigenvalue weighted by molar-refractivity contribution is 0.0517. The average molecular weight is 266 g/mol. The average Bonchev–Trinajstić information content (AvgIpc) is 2.48. The second kappa shape index (κ2) is 7.08. The third-order valence-electron chi connectivity index (χ3n) is 5.78. The summed E-state index contributed by atoms with van der Waals surface area (Å²) in [5.74, 6) is 0.979. The number of nitrogens with one attached hydrogen (secondary N) is 1. The van der Waals surface area contributed by atoms with Gasteiger partial charge in [-0.3, -0.25) is 4.90 Å². The molecule has 0 radical (unpaired) electrons. The van der Waals surface area contributed by atoms with Crippen LogP contribution in [0.25, 0.3) is 0 Å². The monoisotopic (exact) mass is 266 g/mol. The van der Waals surface area contributed by atoms with Crippen LogP contribution in [0.5, 0.6) is 0 Å². The Morgan fingerprint density at radius 2 is 1.74 bits per heavy atom. The number of nitrogens with zero attached hydrogens (tertiary/aromatic N) is 1. The molecule has 0 aromatic carbocycles. The van der Waals surface area contributed by atoms with Gasteiger partial charge >= 0.3 is 0 Å². The first-order valence-corrected chi connectivity index (χ1v) is 8.72. The van der Waals surface area contributed by atoms with E-state index in [0.717, 1.165) is 12.0 Å². The fraction of sp³-hybridized carbons (Fsp3) is 1.00. The highest BCUT2D eigenvalue weighted by atomic mass is 15.3. The summed E-state index contributed by atoms with van der Waals surface area (Å²) in [6, 6.07) is 0.771. The first kappa shape index (κ1) is 15.3. The van der Waals surface area contributed by atoms with E-state index >= 15 is 0 Å². The Morgan fingerprint density at radius 3 is 2.32 bits per heavy atom. The first-order valence-electron chi connectivity index (χ1n) is 8.72. The van der Waals surface area contributed by atoms with Crippen LogP contribution < -0.4 is 5.32 Å². The second-order valence-corrected chi connectivity index (χ2v) is 6.86. The summed E-state index contributed by atoms with van der Waals surface area (Å²) in [7, 11) is 0. The SMILES string of the molecule is CCC1CNC(CC)(CC)CN1CC1CCCCC1. The third kappa shape index (κ3) is 3.72. The topological polar surface area (TPSA) is 15.3 Å². The molecule has 1 aliphatic heterocycles. The molecule has 0 aromatic rings. The fourth-order valence-electron chi connectivity index (χ4n) is 4.08. The van der Waals surface area contributed by atoms with Crippen molar-refractivity contribution in [1.82, 2.24) is 10.2 Å². The normalized spacial score (nSPS) is 29.5. The molecular formula is C17H34N2. The van der Waals surface area contributed by atoms with Gasteiger partial charge in [-0.25, -0.2) is 0 Å². The molecule has 2 fully saturated rings. The van der Waals surface area contributed by atoms with E-state index in [2.05, 4.69) is 31.0 Å². The van der Waals surface area contributed by atoms with Gasteiger partial charge in [0.15, 0.2) is 0 Å². The second-order valence-electron chi connectivity index (χ2n) is 6.86. The Hall–Kier alpha value is -0.0800. The number of rotatable bonds is 5. The molecule has 1 atom stereocenters. The van der Waals surface area contributed by atoms with Crippen LogP contribution in [-0.2, 0) is 0 Å². The fourth-order valence-corrected chi connectivity index (χ4v) is 4.08. The Balaban J connectivity index is 1.96. The minimum absolute atomic E-state index is 0.389. The highest BCUT2D eigenvalue weighted by molar-refractivity contribution is 4.96. The van der Waals surface area contributed by atoms with E-state index < -0.39 is 0 Å². The summed E-state index contributed by atoms with van der Waals surface area (Å²) >= 11 is 0. The molecule has 19 heavy (non-hydrogen) atoms. The van der Waals surface area contributed by atoms with Crippen LogP contribution in [0.15, 0.2) is 0 Å². The molecule has 1 heterocycles. The maximum Gasteiger partial charge on any atom is 0.0304 e. The molecule has 1 unspecified atom stereocenters. The van der Waals surface area contributed by atoms with Crippen molar-refractivity contribution >= 4 is 0 Å². The summed E-state index contributed by atoms with van der Waals surface area (Å²) in [6.45, 7) is 10.9. The van der Waals surface area contributed by atoms with Gasteiger partial charge in [0.1, 0.15) is 0 Å². The van der Waals surface area contributed by atoms with Crippen LogP contribution in [0.2, 0.25) is 0 Å². The highest BCUT2D eigenvalue weighted by Gasteiger charge is 2.36. The molecular weight excluding hydrogens is 232 g/mol. The Kier molecular flexibility index (Phi) is 5.70. The lowest BCUT2D eigenvalue weighted by Gasteiger charge is -2.48. The van der Waals surface area contributed by atoms with Crippen LogP contribution >= 0.6 is 0 Å². The van der Waals surface area contributed by atoms with Crippen LogP contribution in [0.3, 0.4) is 0 Å². The van der Waals surface area contributed by atoms with Crippen molar-refractivity contribution < 1.29 is 0 Å². The van der Waals surface area contributed by atoms with Crippen molar-refractivity contribution in [3.05, 3.63) is 0 Å². The van der Waals surface area contributed by atoms with E-state index in [1.54, 1.807) is 0 Å². The predicted octanol–water partition coefficient (Wildman–Crippen LogP) is 3.81. The minimum Gasteiger partial charge on any atom is -0.308 e. The quantitative estimate of drug-likeness (QED) is 0.814. The minimum atomic E-state index is 0.389. The molecule has 2 nitrogen and oxygen atoms in total. The van der Waals surface area contributed by atoms with Crippen LogP contribution in [0.1, 0.15) is 72.1 Å². The van der Waals surface area contributed by atoms with E-state index in [9.17, 15) is 0 Å². The van der Waals surface area contributed by atoms with E-state index in [1.165, 1.54) is 71.0 Å². The smallest absolute Gasteiger partial charge is 0.0304 e. The van der Waals surface area contributed by atoms with Crippen LogP contribution in [0, 0.1) is 5.92 Å². The van der Waals surface area contributed by atoms with E-state index in [4.69, 9.17) is 0 Å². The van der Waals surface area contributed by atoms with Gasteiger partial charge in [0, 0.05) is 31.2 Å². The van der Waals surface area contributed by atoms with Gasteiger partial charge in [0.05, 0.1) is 0 Å².